The molecule has 6 heteroatoms. The highest BCUT2D eigenvalue weighted by molar-refractivity contribution is 6.11. The summed E-state index contributed by atoms with van der Waals surface area (Å²) in [7, 11) is 0. The van der Waals surface area contributed by atoms with Gasteiger partial charge in [-0.3, -0.25) is 9.80 Å². The molecule has 0 fully saturated rings. The third-order valence-electron chi connectivity index (χ3n) is 2.89. The van der Waals surface area contributed by atoms with Crippen LogP contribution in [0.4, 0.5) is 9.59 Å². The van der Waals surface area contributed by atoms with Crippen molar-refractivity contribution in [3.05, 3.63) is 0 Å². The summed E-state index contributed by atoms with van der Waals surface area (Å²) < 4.78 is 0. The number of urea groups is 2. The molecule has 6 nitrogen and oxygen atoms in total. The summed E-state index contributed by atoms with van der Waals surface area (Å²) in [6, 6.07) is -0.809. The Kier molecular flexibility index (Phi) is 4.08. The molecule has 0 radical (unpaired) electrons. The fourth-order valence-corrected chi connectivity index (χ4v) is 2.30. The zero-order chi connectivity index (χ0) is 15.9. The molecule has 1 heterocycles. The van der Waals surface area contributed by atoms with E-state index in [1.54, 1.807) is 13.8 Å². The van der Waals surface area contributed by atoms with Crippen LogP contribution in [0.3, 0.4) is 0 Å². The fraction of sp³-hybridized carbons (Fsp3) is 0.714. The summed E-state index contributed by atoms with van der Waals surface area (Å²) in [4.78, 5) is 35.7. The van der Waals surface area contributed by atoms with Gasteiger partial charge >= 0.3 is 12.1 Å². The highest BCUT2D eigenvalue weighted by Gasteiger charge is 2.35. The van der Waals surface area contributed by atoms with E-state index in [0.29, 0.717) is 11.7 Å². The first-order valence-corrected chi connectivity index (χ1v) is 6.64. The molecule has 20 heavy (non-hydrogen) atoms. The molecule has 0 aromatic rings. The molecule has 112 valence electrons. The maximum Gasteiger partial charge on any atom is 0.351 e. The Morgan fingerprint density at radius 1 is 0.700 bits per heavy atom. The summed E-state index contributed by atoms with van der Waals surface area (Å²) in [6.07, 6.45) is 0. The minimum Gasteiger partial charge on any atom is -0.275 e. The quantitative estimate of drug-likeness (QED) is 0.683. The molecule has 0 saturated carbocycles. The summed E-state index contributed by atoms with van der Waals surface area (Å²) in [5, 5.41) is 0. The van der Waals surface area contributed by atoms with Gasteiger partial charge in [-0.25, -0.2) is 9.59 Å². The van der Waals surface area contributed by atoms with Crippen LogP contribution in [0.15, 0.2) is 9.98 Å². The second-order valence-electron chi connectivity index (χ2n) is 6.90. The maximum absolute atomic E-state index is 12.3. The number of rotatable bonds is 0. The van der Waals surface area contributed by atoms with Crippen molar-refractivity contribution < 1.29 is 9.59 Å². The molecule has 0 bridgehead atoms. The molecule has 0 N–H and O–H groups in total. The van der Waals surface area contributed by atoms with Crippen molar-refractivity contribution in [2.75, 3.05) is 0 Å². The minimum atomic E-state index is -0.487. The first kappa shape index (κ1) is 16.3. The predicted octanol–water partition coefficient (Wildman–Crippen LogP) is 3.28. The topological polar surface area (TPSA) is 65.3 Å². The third-order valence-corrected chi connectivity index (χ3v) is 2.89. The molecule has 1 rings (SSSR count). The van der Waals surface area contributed by atoms with E-state index in [2.05, 4.69) is 9.98 Å². The van der Waals surface area contributed by atoms with Gasteiger partial charge in [-0.1, -0.05) is 0 Å². The smallest absolute Gasteiger partial charge is 0.275 e. The summed E-state index contributed by atoms with van der Waals surface area (Å²) in [5.74, 6) is 0.719. The van der Waals surface area contributed by atoms with Crippen molar-refractivity contribution >= 4 is 23.7 Å². The Morgan fingerprint density at radius 2 is 0.950 bits per heavy atom. The van der Waals surface area contributed by atoms with E-state index in [0.717, 1.165) is 0 Å². The molecule has 1 aliphatic rings. The second-order valence-corrected chi connectivity index (χ2v) is 6.90. The van der Waals surface area contributed by atoms with E-state index in [1.165, 1.54) is 9.80 Å². The number of hydrogen-bond acceptors (Lipinski definition) is 2. The minimum absolute atomic E-state index is 0.359. The second kappa shape index (κ2) is 5.00. The molecular formula is C14H24N4O2. The zero-order valence-electron chi connectivity index (χ0n) is 13.6. The van der Waals surface area contributed by atoms with Crippen LogP contribution >= 0.6 is 0 Å². The van der Waals surface area contributed by atoms with Gasteiger partial charge in [0, 0.05) is 11.1 Å². The van der Waals surface area contributed by atoms with E-state index in [-0.39, 0.29) is 0 Å². The number of nitrogens with zero attached hydrogens (tertiary/aromatic N) is 4. The molecule has 0 atom stereocenters. The molecule has 0 unspecified atom stereocenters. The Labute approximate surface area is 120 Å². The van der Waals surface area contributed by atoms with Crippen LogP contribution in [0.5, 0.6) is 0 Å². The molecule has 0 spiro atoms. The van der Waals surface area contributed by atoms with Crippen molar-refractivity contribution in [1.29, 1.82) is 0 Å². The first-order chi connectivity index (χ1) is 8.85. The van der Waals surface area contributed by atoms with Gasteiger partial charge in [-0.05, 0) is 55.4 Å². The number of aliphatic imine (C=N–C) groups is 2. The summed E-state index contributed by atoms with van der Waals surface area (Å²) in [5.41, 5.74) is -0.975. The lowest BCUT2D eigenvalue weighted by Gasteiger charge is -2.38. The first-order valence-electron chi connectivity index (χ1n) is 6.64. The van der Waals surface area contributed by atoms with E-state index in [9.17, 15) is 9.59 Å². The molecule has 0 aromatic heterocycles. The van der Waals surface area contributed by atoms with Crippen LogP contribution in [0.1, 0.15) is 55.4 Å². The number of amidine groups is 2. The fourth-order valence-electron chi connectivity index (χ4n) is 2.30. The standard InChI is InChI=1S/C14H24N4O2/c1-9-15-11(19)18(14(6,7)8)10(2)16-12(20)17(9)13(3,4)5/h1-8H3/b15-9-,16-10-. The van der Waals surface area contributed by atoms with Crippen molar-refractivity contribution in [1.82, 2.24) is 9.80 Å². The molecule has 0 aromatic carbocycles. The van der Waals surface area contributed by atoms with Gasteiger partial charge in [0.15, 0.2) is 0 Å². The monoisotopic (exact) mass is 280 g/mol. The zero-order valence-corrected chi connectivity index (χ0v) is 13.6. The molecule has 4 amide bonds. The molecule has 0 saturated heterocycles. The number of hydrogen-bond donors (Lipinski definition) is 0. The molecular weight excluding hydrogens is 256 g/mol. The predicted molar refractivity (Wildman–Crippen MR) is 80.2 cm³/mol. The van der Waals surface area contributed by atoms with Crippen LogP contribution in [0.2, 0.25) is 0 Å². The summed E-state index contributed by atoms with van der Waals surface area (Å²) in [6.45, 7) is 14.6. The number of amides is 4. The lowest BCUT2D eigenvalue weighted by atomic mass is 10.1. The van der Waals surface area contributed by atoms with Crippen molar-refractivity contribution in [2.24, 2.45) is 9.98 Å². The molecule has 0 aliphatic carbocycles. The lowest BCUT2D eigenvalue weighted by Crippen LogP contribution is -2.53. The third kappa shape index (κ3) is 3.23. The van der Waals surface area contributed by atoms with E-state index in [1.807, 2.05) is 41.5 Å². The van der Waals surface area contributed by atoms with E-state index < -0.39 is 23.1 Å². The van der Waals surface area contributed by atoms with Gasteiger partial charge in [-0.2, -0.15) is 9.98 Å². The van der Waals surface area contributed by atoms with Crippen LogP contribution in [-0.2, 0) is 0 Å². The van der Waals surface area contributed by atoms with Gasteiger partial charge in [-0.15, -0.1) is 0 Å². The normalized spacial score (nSPS) is 23.8. The van der Waals surface area contributed by atoms with Crippen LogP contribution in [-0.4, -0.2) is 44.6 Å². The van der Waals surface area contributed by atoms with E-state index >= 15 is 0 Å². The maximum atomic E-state index is 12.3. The lowest BCUT2D eigenvalue weighted by molar-refractivity contribution is 0.189. The van der Waals surface area contributed by atoms with Crippen molar-refractivity contribution in [3.8, 4) is 0 Å². The Balaban J connectivity index is 3.40. The largest absolute Gasteiger partial charge is 0.351 e. The van der Waals surface area contributed by atoms with Crippen molar-refractivity contribution in [2.45, 2.75) is 66.5 Å². The Hall–Kier alpha value is -1.72. The average Bonchev–Trinajstić information content (AvgIpc) is 2.09. The number of carbonyl (C=O) groups is 2. The van der Waals surface area contributed by atoms with E-state index in [4.69, 9.17) is 0 Å². The van der Waals surface area contributed by atoms with Crippen LogP contribution < -0.4 is 0 Å². The van der Waals surface area contributed by atoms with Crippen LogP contribution in [0.25, 0.3) is 0 Å². The van der Waals surface area contributed by atoms with Gasteiger partial charge in [0.1, 0.15) is 11.7 Å². The average molecular weight is 280 g/mol. The van der Waals surface area contributed by atoms with Crippen LogP contribution in [0, 0.1) is 0 Å². The van der Waals surface area contributed by atoms with Gasteiger partial charge in [0.2, 0.25) is 0 Å². The number of carbonyl (C=O) groups excluding carboxylic acids is 2. The highest BCUT2D eigenvalue weighted by Crippen LogP contribution is 2.21. The van der Waals surface area contributed by atoms with Gasteiger partial charge in [0.05, 0.1) is 0 Å². The van der Waals surface area contributed by atoms with Crippen molar-refractivity contribution in [3.63, 3.8) is 0 Å². The highest BCUT2D eigenvalue weighted by atomic mass is 16.2. The summed E-state index contributed by atoms with van der Waals surface area (Å²) >= 11 is 0. The Bertz CT molecular complexity index is 446. The Morgan fingerprint density at radius 3 is 1.15 bits per heavy atom. The van der Waals surface area contributed by atoms with Gasteiger partial charge < -0.3 is 0 Å². The SMILES string of the molecule is C/C1=N/C(=O)N(C(C)(C)C)/C(C)=N\C(=O)N1C(C)(C)C. The van der Waals surface area contributed by atoms with Gasteiger partial charge in [0.25, 0.3) is 0 Å². The molecule has 1 aliphatic heterocycles.